The van der Waals surface area contributed by atoms with Crippen LogP contribution < -0.4 is 5.43 Å². The average molecular weight is 414 g/mol. The Balaban J connectivity index is 1.74. The van der Waals surface area contributed by atoms with Gasteiger partial charge < -0.3 is 14.1 Å². The van der Waals surface area contributed by atoms with Crippen LogP contribution in [0.2, 0.25) is 5.02 Å². The van der Waals surface area contributed by atoms with Crippen molar-refractivity contribution in [1.29, 1.82) is 0 Å². The van der Waals surface area contributed by atoms with Gasteiger partial charge in [-0.25, -0.2) is 4.39 Å². The normalized spacial score (nSPS) is 21.2. The molecule has 148 valence electrons. The quantitative estimate of drug-likeness (QED) is 0.642. The highest BCUT2D eigenvalue weighted by molar-refractivity contribution is 6.31. The van der Waals surface area contributed by atoms with Crippen LogP contribution in [0, 0.1) is 5.82 Å². The first kappa shape index (κ1) is 18.3. The zero-order chi connectivity index (χ0) is 20.1. The van der Waals surface area contributed by atoms with Gasteiger partial charge in [-0.1, -0.05) is 29.8 Å². The standard InChI is InChI=1S/C22H17ClFNO4/c23-12-7-8-17-15(10-12)20(26)18-19(14-5-1-2-6-16(14)24)25(22(27)21(18)29-17)11-13-4-3-9-28-13/h1-2,5-8,10,13,19H,3-4,9,11H2/t13-,19-/m1/s1. The van der Waals surface area contributed by atoms with Gasteiger partial charge in [-0.2, -0.15) is 0 Å². The lowest BCUT2D eigenvalue weighted by Gasteiger charge is -2.27. The highest BCUT2D eigenvalue weighted by atomic mass is 35.5. The number of halogens is 2. The number of rotatable bonds is 3. The van der Waals surface area contributed by atoms with Crippen LogP contribution in [-0.2, 0) is 4.74 Å². The molecule has 0 aliphatic carbocycles. The minimum Gasteiger partial charge on any atom is -0.450 e. The maximum absolute atomic E-state index is 14.7. The molecule has 2 aromatic carbocycles. The molecule has 0 spiro atoms. The number of ether oxygens (including phenoxy) is 1. The van der Waals surface area contributed by atoms with E-state index in [2.05, 4.69) is 0 Å². The van der Waals surface area contributed by atoms with Crippen LogP contribution in [0.1, 0.15) is 40.6 Å². The van der Waals surface area contributed by atoms with Crippen molar-refractivity contribution in [3.63, 3.8) is 0 Å². The van der Waals surface area contributed by atoms with E-state index in [1.165, 1.54) is 17.0 Å². The van der Waals surface area contributed by atoms with E-state index in [0.29, 0.717) is 11.6 Å². The first-order chi connectivity index (χ1) is 14.0. The van der Waals surface area contributed by atoms with Crippen molar-refractivity contribution in [3.05, 3.63) is 80.4 Å². The number of hydrogen-bond acceptors (Lipinski definition) is 4. The molecule has 2 atom stereocenters. The maximum atomic E-state index is 14.7. The van der Waals surface area contributed by atoms with E-state index < -0.39 is 17.8 Å². The molecule has 0 N–H and O–H groups in total. The molecule has 1 fully saturated rings. The molecule has 0 unspecified atom stereocenters. The molecule has 3 heterocycles. The van der Waals surface area contributed by atoms with Crippen LogP contribution >= 0.6 is 11.6 Å². The second kappa shape index (κ2) is 6.97. The summed E-state index contributed by atoms with van der Waals surface area (Å²) in [6.45, 7) is 0.891. The fourth-order valence-corrected chi connectivity index (χ4v) is 4.38. The molecule has 1 amide bonds. The summed E-state index contributed by atoms with van der Waals surface area (Å²) in [5.74, 6) is -0.963. The summed E-state index contributed by atoms with van der Waals surface area (Å²) in [5, 5.41) is 0.650. The van der Waals surface area contributed by atoms with Crippen molar-refractivity contribution in [1.82, 2.24) is 4.90 Å². The van der Waals surface area contributed by atoms with E-state index in [1.807, 2.05) is 0 Å². The van der Waals surface area contributed by atoms with Crippen LogP contribution in [0.4, 0.5) is 4.39 Å². The zero-order valence-electron chi connectivity index (χ0n) is 15.4. The highest BCUT2D eigenvalue weighted by Crippen LogP contribution is 2.39. The number of carbonyl (C=O) groups is 1. The van der Waals surface area contributed by atoms with Gasteiger partial charge >= 0.3 is 0 Å². The monoisotopic (exact) mass is 413 g/mol. The summed E-state index contributed by atoms with van der Waals surface area (Å²) in [6, 6.07) is 9.96. The first-order valence-electron chi connectivity index (χ1n) is 9.48. The second-order valence-electron chi connectivity index (χ2n) is 7.33. The van der Waals surface area contributed by atoms with Gasteiger partial charge in [0, 0.05) is 23.7 Å². The molecule has 7 heteroatoms. The summed E-state index contributed by atoms with van der Waals surface area (Å²) in [4.78, 5) is 28.1. The third kappa shape index (κ3) is 2.94. The molecule has 5 rings (SSSR count). The minimum absolute atomic E-state index is 0.0453. The molecule has 29 heavy (non-hydrogen) atoms. The van der Waals surface area contributed by atoms with Crippen LogP contribution in [0.5, 0.6) is 0 Å². The lowest BCUT2D eigenvalue weighted by Crippen LogP contribution is -2.36. The molecule has 0 saturated carbocycles. The maximum Gasteiger partial charge on any atom is 0.291 e. The van der Waals surface area contributed by atoms with Crippen LogP contribution in [0.25, 0.3) is 11.0 Å². The Morgan fingerprint density at radius 3 is 2.76 bits per heavy atom. The summed E-state index contributed by atoms with van der Waals surface area (Å²) in [7, 11) is 0. The third-order valence-electron chi connectivity index (χ3n) is 5.55. The lowest BCUT2D eigenvalue weighted by atomic mass is 9.98. The molecule has 1 saturated heterocycles. The van der Waals surface area contributed by atoms with Crippen LogP contribution in [0.3, 0.4) is 0 Å². The summed E-state index contributed by atoms with van der Waals surface area (Å²) < 4.78 is 26.2. The predicted molar refractivity (Wildman–Crippen MR) is 106 cm³/mol. The average Bonchev–Trinajstić information content (AvgIpc) is 3.31. The molecule has 1 aromatic heterocycles. The number of benzene rings is 2. The minimum atomic E-state index is -0.873. The molecule has 0 radical (unpaired) electrons. The fourth-order valence-electron chi connectivity index (χ4n) is 4.21. The molecular weight excluding hydrogens is 397 g/mol. The van der Waals surface area contributed by atoms with Crippen molar-refractivity contribution in [3.8, 4) is 0 Å². The number of amides is 1. The van der Waals surface area contributed by atoms with E-state index in [-0.39, 0.29) is 45.9 Å². The fraction of sp³-hybridized carbons (Fsp3) is 0.273. The number of nitrogens with zero attached hydrogens (tertiary/aromatic N) is 1. The Hall–Kier alpha value is -2.70. The van der Waals surface area contributed by atoms with Crippen LogP contribution in [0.15, 0.2) is 51.7 Å². The highest BCUT2D eigenvalue weighted by Gasteiger charge is 2.44. The van der Waals surface area contributed by atoms with Crippen molar-refractivity contribution < 1.29 is 18.3 Å². The SMILES string of the molecule is O=C1c2oc3ccc(Cl)cc3c(=O)c2[C@@H](c2ccccc2F)N1C[C@H]1CCCO1. The topological polar surface area (TPSA) is 59.8 Å². The predicted octanol–water partition coefficient (Wildman–Crippen LogP) is 4.31. The Morgan fingerprint density at radius 1 is 1.17 bits per heavy atom. The Bertz CT molecular complexity index is 1190. The van der Waals surface area contributed by atoms with Gasteiger partial charge in [0.25, 0.3) is 5.91 Å². The van der Waals surface area contributed by atoms with E-state index in [0.717, 1.165) is 12.8 Å². The first-order valence-corrected chi connectivity index (χ1v) is 9.85. The van der Waals surface area contributed by atoms with Crippen molar-refractivity contribution >= 4 is 28.5 Å². The number of fused-ring (bicyclic) bond motifs is 2. The molecule has 2 aliphatic rings. The van der Waals surface area contributed by atoms with Gasteiger partial charge in [-0.05, 0) is 37.1 Å². The number of carbonyl (C=O) groups excluding carboxylic acids is 1. The zero-order valence-corrected chi connectivity index (χ0v) is 16.1. The van der Waals surface area contributed by atoms with Crippen LogP contribution in [-0.4, -0.2) is 30.1 Å². The smallest absolute Gasteiger partial charge is 0.291 e. The summed E-state index contributed by atoms with van der Waals surface area (Å²) in [5.41, 5.74) is 0.303. The van der Waals surface area contributed by atoms with Crippen molar-refractivity contribution in [2.45, 2.75) is 25.0 Å². The van der Waals surface area contributed by atoms with Gasteiger partial charge in [0.1, 0.15) is 11.4 Å². The summed E-state index contributed by atoms with van der Waals surface area (Å²) in [6.07, 6.45) is 1.56. The molecule has 0 bridgehead atoms. The van der Waals surface area contributed by atoms with E-state index >= 15 is 0 Å². The molecule has 5 nitrogen and oxygen atoms in total. The molecule has 2 aliphatic heterocycles. The molecule has 3 aromatic rings. The van der Waals surface area contributed by atoms with Gasteiger partial charge in [0.15, 0.2) is 5.43 Å². The molecular formula is C22H17ClFNO4. The Morgan fingerprint density at radius 2 is 2.00 bits per heavy atom. The van der Waals surface area contributed by atoms with E-state index in [9.17, 15) is 14.0 Å². The van der Waals surface area contributed by atoms with Gasteiger partial charge in [-0.15, -0.1) is 0 Å². The van der Waals surface area contributed by atoms with Gasteiger partial charge in [0.05, 0.1) is 23.1 Å². The van der Waals surface area contributed by atoms with Gasteiger partial charge in [-0.3, -0.25) is 9.59 Å². The number of hydrogen-bond donors (Lipinski definition) is 0. The summed E-state index contributed by atoms with van der Waals surface area (Å²) >= 11 is 6.06. The van der Waals surface area contributed by atoms with Crippen molar-refractivity contribution in [2.24, 2.45) is 0 Å². The largest absolute Gasteiger partial charge is 0.450 e. The van der Waals surface area contributed by atoms with Gasteiger partial charge in [0.2, 0.25) is 5.76 Å². The van der Waals surface area contributed by atoms with Crippen molar-refractivity contribution in [2.75, 3.05) is 13.2 Å². The third-order valence-corrected chi connectivity index (χ3v) is 5.79. The lowest BCUT2D eigenvalue weighted by molar-refractivity contribution is 0.0483. The van der Waals surface area contributed by atoms with E-state index in [4.69, 9.17) is 20.8 Å². The Labute approximate surface area is 170 Å². The van der Waals surface area contributed by atoms with E-state index in [1.54, 1.807) is 30.3 Å². The Kier molecular flexibility index (Phi) is 4.41. The second-order valence-corrected chi connectivity index (χ2v) is 7.77.